The van der Waals surface area contributed by atoms with Crippen LogP contribution in [0.2, 0.25) is 5.02 Å². The van der Waals surface area contributed by atoms with Crippen LogP contribution >= 0.6 is 11.6 Å². The first kappa shape index (κ1) is 30.2. The van der Waals surface area contributed by atoms with Crippen LogP contribution in [0, 0.1) is 28.4 Å². The number of imidazole rings is 1. The molecule has 1 atom stereocenters. The second kappa shape index (κ2) is 11.9. The first-order valence-electron chi connectivity index (χ1n) is 14.1. The van der Waals surface area contributed by atoms with E-state index in [1.54, 1.807) is 42.5 Å². The molecule has 1 aliphatic rings. The summed E-state index contributed by atoms with van der Waals surface area (Å²) in [7, 11) is 0. The van der Waals surface area contributed by atoms with Gasteiger partial charge in [-0.3, -0.25) is 0 Å². The van der Waals surface area contributed by atoms with Crippen molar-refractivity contribution in [2.75, 3.05) is 13.2 Å². The van der Waals surface area contributed by atoms with E-state index in [0.29, 0.717) is 35.6 Å². The van der Waals surface area contributed by atoms with E-state index >= 15 is 8.78 Å². The van der Waals surface area contributed by atoms with Crippen LogP contribution in [0.25, 0.3) is 22.3 Å². The number of nitriles is 1. The zero-order valence-electron chi connectivity index (χ0n) is 24.4. The summed E-state index contributed by atoms with van der Waals surface area (Å²) in [5.74, 6) is -1.85. The summed E-state index contributed by atoms with van der Waals surface area (Å²) in [6.07, 6.45) is -0.0640. The van der Waals surface area contributed by atoms with Crippen LogP contribution in [0.4, 0.5) is 8.78 Å². The monoisotopic (exact) mass is 628 g/mol. The van der Waals surface area contributed by atoms with Gasteiger partial charge in [0.2, 0.25) is 5.88 Å². The van der Waals surface area contributed by atoms with Crippen LogP contribution in [-0.2, 0) is 17.8 Å². The molecule has 5 aromatic rings. The topological polar surface area (TPSA) is 110 Å². The molecule has 228 valence electrons. The van der Waals surface area contributed by atoms with E-state index in [0.717, 1.165) is 17.7 Å². The van der Waals surface area contributed by atoms with E-state index in [1.807, 2.05) is 18.4 Å². The zero-order valence-corrected chi connectivity index (χ0v) is 25.1. The number of ether oxygens (including phenoxy) is 2. The lowest BCUT2D eigenvalue weighted by Crippen LogP contribution is -2.27. The fraction of sp³-hybridized carbons (Fsp3) is 0.235. The van der Waals surface area contributed by atoms with Crippen molar-refractivity contribution in [1.82, 2.24) is 14.5 Å². The minimum absolute atomic E-state index is 0.0308. The summed E-state index contributed by atoms with van der Waals surface area (Å²) in [5, 5.41) is 18.7. The van der Waals surface area contributed by atoms with Crippen LogP contribution in [0.3, 0.4) is 0 Å². The van der Waals surface area contributed by atoms with Crippen molar-refractivity contribution in [3.8, 4) is 23.2 Å². The average Bonchev–Trinajstić information content (AvgIpc) is 3.54. The number of carbonyl (C=O) groups is 1. The lowest BCUT2D eigenvalue weighted by Gasteiger charge is -2.28. The van der Waals surface area contributed by atoms with Gasteiger partial charge in [0.05, 0.1) is 58.2 Å². The molecule has 6 rings (SSSR count). The number of aromatic nitrogens is 3. The van der Waals surface area contributed by atoms with Crippen LogP contribution < -0.4 is 4.74 Å². The quantitative estimate of drug-likeness (QED) is 0.191. The third kappa shape index (κ3) is 5.97. The number of halogens is 3. The zero-order chi connectivity index (χ0) is 31.9. The van der Waals surface area contributed by atoms with Gasteiger partial charge in [-0.25, -0.2) is 23.5 Å². The molecule has 3 heterocycles. The second-order valence-electron chi connectivity index (χ2n) is 11.6. The SMILES string of the molecule is CC1(C)COC[C@H]1n1c(Cc2cc(F)c(-c3cccc(OCc4ccc(C#N)cc4)n3)cc2F)nc2cc(Cl)c(C(=O)O)cc21. The van der Waals surface area contributed by atoms with Gasteiger partial charge in [-0.2, -0.15) is 5.26 Å². The fourth-order valence-electron chi connectivity index (χ4n) is 5.55. The summed E-state index contributed by atoms with van der Waals surface area (Å²) in [5.41, 5.74) is 2.15. The van der Waals surface area contributed by atoms with E-state index in [2.05, 4.69) is 11.1 Å². The fourth-order valence-corrected chi connectivity index (χ4v) is 5.79. The highest BCUT2D eigenvalue weighted by Crippen LogP contribution is 2.41. The molecule has 1 fully saturated rings. The van der Waals surface area contributed by atoms with Crippen molar-refractivity contribution < 1.29 is 28.2 Å². The summed E-state index contributed by atoms with van der Waals surface area (Å²) < 4.78 is 44.7. The molecule has 0 saturated carbocycles. The summed E-state index contributed by atoms with van der Waals surface area (Å²) in [4.78, 5) is 20.9. The van der Waals surface area contributed by atoms with Gasteiger partial charge in [0.15, 0.2) is 0 Å². The molecule has 0 aliphatic carbocycles. The molecule has 0 unspecified atom stereocenters. The molecule has 0 bridgehead atoms. The molecule has 3 aromatic carbocycles. The molecular weight excluding hydrogens is 602 g/mol. The van der Waals surface area contributed by atoms with Gasteiger partial charge in [-0.05, 0) is 53.6 Å². The molecule has 1 aliphatic heterocycles. The maximum absolute atomic E-state index is 15.7. The van der Waals surface area contributed by atoms with Crippen molar-refractivity contribution in [3.63, 3.8) is 0 Å². The second-order valence-corrected chi connectivity index (χ2v) is 12.0. The highest BCUT2D eigenvalue weighted by molar-refractivity contribution is 6.34. The maximum Gasteiger partial charge on any atom is 0.337 e. The minimum Gasteiger partial charge on any atom is -0.478 e. The maximum atomic E-state index is 15.7. The number of rotatable bonds is 8. The Morgan fingerprint density at radius 1 is 1.13 bits per heavy atom. The van der Waals surface area contributed by atoms with Crippen LogP contribution in [0.5, 0.6) is 5.88 Å². The Hall–Kier alpha value is -4.85. The summed E-state index contributed by atoms with van der Waals surface area (Å²) >= 11 is 6.24. The van der Waals surface area contributed by atoms with Crippen LogP contribution in [0.1, 0.15) is 52.8 Å². The largest absolute Gasteiger partial charge is 0.478 e. The van der Waals surface area contributed by atoms with Gasteiger partial charge in [0.1, 0.15) is 24.1 Å². The number of carboxylic acid groups (broad SMARTS) is 1. The van der Waals surface area contributed by atoms with E-state index in [-0.39, 0.29) is 57.8 Å². The standard InChI is InChI=1S/C34H27ClF2N4O4/c1-34(2)18-44-17-30(34)41-29-13-22(33(42)43)24(35)14-28(29)39-31(41)11-21-10-26(37)23(12-25(21)36)27-4-3-5-32(40-27)45-16-20-8-6-19(15-38)7-9-20/h3-10,12-14,30H,11,16-18H2,1-2H3,(H,42,43)/t30-/m1/s1. The van der Waals surface area contributed by atoms with Gasteiger partial charge in [0.25, 0.3) is 0 Å². The predicted octanol–water partition coefficient (Wildman–Crippen LogP) is 7.37. The molecule has 11 heteroatoms. The van der Waals surface area contributed by atoms with E-state index < -0.39 is 17.6 Å². The minimum atomic E-state index is -1.18. The molecule has 0 radical (unpaired) electrons. The number of fused-ring (bicyclic) bond motifs is 1. The van der Waals surface area contributed by atoms with E-state index in [9.17, 15) is 9.90 Å². The Morgan fingerprint density at radius 3 is 2.60 bits per heavy atom. The number of hydrogen-bond acceptors (Lipinski definition) is 6. The Kier molecular flexibility index (Phi) is 7.99. The third-order valence-electron chi connectivity index (χ3n) is 8.00. The lowest BCUT2D eigenvalue weighted by molar-refractivity contribution is 0.0697. The van der Waals surface area contributed by atoms with Gasteiger partial charge in [-0.15, -0.1) is 0 Å². The Morgan fingerprint density at radius 2 is 1.91 bits per heavy atom. The summed E-state index contributed by atoms with van der Waals surface area (Å²) in [6, 6.07) is 18.7. The summed E-state index contributed by atoms with van der Waals surface area (Å²) in [6.45, 7) is 5.05. The third-order valence-corrected chi connectivity index (χ3v) is 8.31. The van der Waals surface area contributed by atoms with Crippen molar-refractivity contribution in [1.29, 1.82) is 5.26 Å². The first-order valence-corrected chi connectivity index (χ1v) is 14.5. The predicted molar refractivity (Wildman–Crippen MR) is 163 cm³/mol. The highest BCUT2D eigenvalue weighted by Gasteiger charge is 2.39. The number of nitrogens with zero attached hydrogens (tertiary/aromatic N) is 4. The average molecular weight is 629 g/mol. The molecule has 45 heavy (non-hydrogen) atoms. The van der Waals surface area contributed by atoms with Crippen molar-refractivity contribution in [2.24, 2.45) is 5.41 Å². The first-order chi connectivity index (χ1) is 21.5. The van der Waals surface area contributed by atoms with Gasteiger partial charge < -0.3 is 19.1 Å². The molecule has 1 N–H and O–H groups in total. The number of carboxylic acids is 1. The Labute approximate surface area is 262 Å². The smallest absolute Gasteiger partial charge is 0.337 e. The Balaban J connectivity index is 1.32. The van der Waals surface area contributed by atoms with E-state index in [1.165, 1.54) is 12.1 Å². The number of benzene rings is 3. The highest BCUT2D eigenvalue weighted by atomic mass is 35.5. The lowest BCUT2D eigenvalue weighted by atomic mass is 9.87. The van der Waals surface area contributed by atoms with Crippen LogP contribution in [-0.4, -0.2) is 38.8 Å². The van der Waals surface area contributed by atoms with E-state index in [4.69, 9.17) is 31.3 Å². The van der Waals surface area contributed by atoms with Crippen LogP contribution in [0.15, 0.2) is 66.7 Å². The number of pyridine rings is 1. The van der Waals surface area contributed by atoms with Gasteiger partial charge >= 0.3 is 5.97 Å². The Bertz CT molecular complexity index is 1990. The van der Waals surface area contributed by atoms with Crippen molar-refractivity contribution in [2.45, 2.75) is 32.9 Å². The van der Waals surface area contributed by atoms with Crippen molar-refractivity contribution in [3.05, 3.63) is 111 Å². The molecule has 0 spiro atoms. The van der Waals surface area contributed by atoms with Gasteiger partial charge in [-0.1, -0.05) is 43.6 Å². The normalized spacial score (nSPS) is 15.7. The molecule has 2 aromatic heterocycles. The van der Waals surface area contributed by atoms with Crippen molar-refractivity contribution >= 4 is 28.6 Å². The number of aromatic carboxylic acids is 1. The van der Waals surface area contributed by atoms with Gasteiger partial charge in [0, 0.05) is 23.5 Å². The molecule has 8 nitrogen and oxygen atoms in total. The molecular formula is C34H27ClF2N4O4. The molecule has 1 saturated heterocycles. The molecule has 0 amide bonds. The number of hydrogen-bond donors (Lipinski definition) is 1.